The Hall–Kier alpha value is -0.390. The van der Waals surface area contributed by atoms with Crippen LogP contribution in [0.5, 0.6) is 0 Å². The number of amides is 1. The lowest BCUT2D eigenvalue weighted by Crippen LogP contribution is -2.47. The van der Waals surface area contributed by atoms with Gasteiger partial charge in [0.25, 0.3) is 0 Å². The van der Waals surface area contributed by atoms with Crippen LogP contribution in [-0.2, 0) is 11.2 Å². The topological polar surface area (TPSA) is 32.3 Å². The Balaban J connectivity index is 1.91. The molecule has 1 atom stereocenters. The summed E-state index contributed by atoms with van der Waals surface area (Å²) in [5.74, 6) is 0.249. The van der Waals surface area contributed by atoms with Crippen molar-refractivity contribution in [2.45, 2.75) is 25.3 Å². The molecule has 0 saturated carbocycles. The Morgan fingerprint density at radius 2 is 2.47 bits per heavy atom. The SMILES string of the molecule is CNC1CCCN(C(=O)Cc2ccc(Br)s2)C1. The lowest BCUT2D eigenvalue weighted by atomic mass is 10.1. The minimum absolute atomic E-state index is 0.249. The van der Waals surface area contributed by atoms with Gasteiger partial charge < -0.3 is 10.2 Å². The van der Waals surface area contributed by atoms with Gasteiger partial charge in [-0.3, -0.25) is 4.79 Å². The smallest absolute Gasteiger partial charge is 0.227 e. The lowest BCUT2D eigenvalue weighted by Gasteiger charge is -2.32. The molecular weight excluding hydrogens is 300 g/mol. The van der Waals surface area contributed by atoms with Gasteiger partial charge in [-0.25, -0.2) is 0 Å². The molecule has 2 rings (SSSR count). The third-order valence-corrected chi connectivity index (χ3v) is 4.76. The van der Waals surface area contributed by atoms with E-state index in [-0.39, 0.29) is 5.91 Å². The van der Waals surface area contributed by atoms with Gasteiger partial charge in [-0.05, 0) is 48.0 Å². The number of piperidine rings is 1. The van der Waals surface area contributed by atoms with Gasteiger partial charge >= 0.3 is 0 Å². The Bertz CT molecular complexity index is 394. The number of carbonyl (C=O) groups excluding carboxylic acids is 1. The number of thiophene rings is 1. The van der Waals surface area contributed by atoms with E-state index < -0.39 is 0 Å². The molecule has 2 heterocycles. The fraction of sp³-hybridized carbons (Fsp3) is 0.583. The number of halogens is 1. The number of hydrogen-bond donors (Lipinski definition) is 1. The fourth-order valence-corrected chi connectivity index (χ4v) is 3.62. The third-order valence-electron chi connectivity index (χ3n) is 3.14. The molecule has 1 unspecified atom stereocenters. The van der Waals surface area contributed by atoms with E-state index in [1.54, 1.807) is 11.3 Å². The molecule has 1 amide bonds. The quantitative estimate of drug-likeness (QED) is 0.927. The largest absolute Gasteiger partial charge is 0.341 e. The van der Waals surface area contributed by atoms with Crippen molar-refractivity contribution in [3.63, 3.8) is 0 Å². The van der Waals surface area contributed by atoms with E-state index >= 15 is 0 Å². The second kappa shape index (κ2) is 5.98. The zero-order chi connectivity index (χ0) is 12.3. The molecule has 0 bridgehead atoms. The van der Waals surface area contributed by atoms with Crippen LogP contribution in [0.25, 0.3) is 0 Å². The van der Waals surface area contributed by atoms with Gasteiger partial charge in [-0.2, -0.15) is 0 Å². The highest BCUT2D eigenvalue weighted by atomic mass is 79.9. The molecule has 3 nitrogen and oxygen atoms in total. The number of nitrogens with zero attached hydrogens (tertiary/aromatic N) is 1. The average Bonchev–Trinajstić information content (AvgIpc) is 2.75. The Morgan fingerprint density at radius 1 is 1.65 bits per heavy atom. The van der Waals surface area contributed by atoms with Gasteiger partial charge in [-0.15, -0.1) is 11.3 Å². The van der Waals surface area contributed by atoms with Gasteiger partial charge in [0, 0.05) is 24.0 Å². The van der Waals surface area contributed by atoms with Crippen molar-refractivity contribution < 1.29 is 4.79 Å². The van der Waals surface area contributed by atoms with E-state index in [1.807, 2.05) is 24.1 Å². The number of carbonyl (C=O) groups is 1. The van der Waals surface area contributed by atoms with E-state index in [9.17, 15) is 4.79 Å². The highest BCUT2D eigenvalue weighted by Crippen LogP contribution is 2.23. The van der Waals surface area contributed by atoms with Crippen LogP contribution in [0.15, 0.2) is 15.9 Å². The number of nitrogens with one attached hydrogen (secondary N) is 1. The van der Waals surface area contributed by atoms with Crippen LogP contribution in [0.2, 0.25) is 0 Å². The summed E-state index contributed by atoms with van der Waals surface area (Å²) in [7, 11) is 1.97. The van der Waals surface area contributed by atoms with E-state index in [0.717, 1.165) is 28.2 Å². The minimum atomic E-state index is 0.249. The predicted octanol–water partition coefficient (Wildman–Crippen LogP) is 2.26. The van der Waals surface area contributed by atoms with Gasteiger partial charge in [0.1, 0.15) is 0 Å². The molecule has 1 aliphatic heterocycles. The van der Waals surface area contributed by atoms with Crippen molar-refractivity contribution in [3.05, 3.63) is 20.8 Å². The molecule has 1 aliphatic rings. The number of likely N-dealkylation sites (N-methyl/N-ethyl adjacent to an activating group) is 1. The van der Waals surface area contributed by atoms with Crippen molar-refractivity contribution in [1.82, 2.24) is 10.2 Å². The predicted molar refractivity (Wildman–Crippen MR) is 74.4 cm³/mol. The molecule has 0 radical (unpaired) electrons. The molecule has 0 spiro atoms. The summed E-state index contributed by atoms with van der Waals surface area (Å²) in [6.07, 6.45) is 2.81. The van der Waals surface area contributed by atoms with E-state index in [0.29, 0.717) is 12.5 Å². The van der Waals surface area contributed by atoms with Gasteiger partial charge in [-0.1, -0.05) is 0 Å². The second-order valence-corrected chi connectivity index (χ2v) is 6.90. The van der Waals surface area contributed by atoms with Crippen LogP contribution in [0.4, 0.5) is 0 Å². The normalized spacial score (nSPS) is 20.6. The monoisotopic (exact) mass is 316 g/mol. The lowest BCUT2D eigenvalue weighted by molar-refractivity contribution is -0.131. The molecule has 5 heteroatoms. The number of hydrogen-bond acceptors (Lipinski definition) is 3. The summed E-state index contributed by atoms with van der Waals surface area (Å²) in [5.41, 5.74) is 0. The van der Waals surface area contributed by atoms with Gasteiger partial charge in [0.15, 0.2) is 0 Å². The Kier molecular flexibility index (Phi) is 4.59. The van der Waals surface area contributed by atoms with Gasteiger partial charge in [0.2, 0.25) is 5.91 Å². The van der Waals surface area contributed by atoms with Crippen molar-refractivity contribution in [2.75, 3.05) is 20.1 Å². The summed E-state index contributed by atoms with van der Waals surface area (Å²) in [4.78, 5) is 15.2. The van der Waals surface area contributed by atoms with Crippen molar-refractivity contribution in [2.24, 2.45) is 0 Å². The van der Waals surface area contributed by atoms with Gasteiger partial charge in [0.05, 0.1) is 10.2 Å². The van der Waals surface area contributed by atoms with Crippen LogP contribution < -0.4 is 5.32 Å². The van der Waals surface area contributed by atoms with Crippen LogP contribution >= 0.6 is 27.3 Å². The van der Waals surface area contributed by atoms with Crippen molar-refractivity contribution in [1.29, 1.82) is 0 Å². The van der Waals surface area contributed by atoms with Crippen LogP contribution in [0.1, 0.15) is 17.7 Å². The summed E-state index contributed by atoms with van der Waals surface area (Å²) < 4.78 is 1.09. The zero-order valence-corrected chi connectivity index (χ0v) is 12.3. The molecule has 0 aliphatic carbocycles. The molecule has 1 aromatic heterocycles. The maximum Gasteiger partial charge on any atom is 0.227 e. The molecule has 17 heavy (non-hydrogen) atoms. The van der Waals surface area contributed by atoms with E-state index in [2.05, 4.69) is 21.2 Å². The highest BCUT2D eigenvalue weighted by Gasteiger charge is 2.22. The molecule has 1 N–H and O–H groups in total. The summed E-state index contributed by atoms with van der Waals surface area (Å²) in [6.45, 7) is 1.76. The molecule has 1 saturated heterocycles. The molecule has 1 fully saturated rings. The third kappa shape index (κ3) is 3.53. The first-order valence-electron chi connectivity index (χ1n) is 5.88. The summed E-state index contributed by atoms with van der Waals surface area (Å²) >= 11 is 5.06. The molecule has 0 aromatic carbocycles. The summed E-state index contributed by atoms with van der Waals surface area (Å²) in [6, 6.07) is 4.48. The maximum absolute atomic E-state index is 12.1. The van der Waals surface area contributed by atoms with Crippen LogP contribution in [0.3, 0.4) is 0 Å². The second-order valence-electron chi connectivity index (χ2n) is 4.35. The Labute approximate surface area is 114 Å². The first kappa shape index (κ1) is 13.1. The standard InChI is InChI=1S/C12H17BrN2OS/c1-14-9-3-2-6-15(8-9)12(16)7-10-4-5-11(13)17-10/h4-5,9,14H,2-3,6-8H2,1H3. The molecular formula is C12H17BrN2OS. The number of rotatable bonds is 3. The van der Waals surface area contributed by atoms with Crippen molar-refractivity contribution >= 4 is 33.2 Å². The van der Waals surface area contributed by atoms with E-state index in [4.69, 9.17) is 0 Å². The van der Waals surface area contributed by atoms with Crippen LogP contribution in [-0.4, -0.2) is 37.0 Å². The summed E-state index contributed by atoms with van der Waals surface area (Å²) in [5, 5.41) is 3.26. The average molecular weight is 317 g/mol. The first-order chi connectivity index (χ1) is 8.19. The molecule has 1 aromatic rings. The zero-order valence-electron chi connectivity index (χ0n) is 9.91. The fourth-order valence-electron chi connectivity index (χ4n) is 2.15. The van der Waals surface area contributed by atoms with E-state index in [1.165, 1.54) is 6.42 Å². The molecule has 94 valence electrons. The minimum Gasteiger partial charge on any atom is -0.341 e. The highest BCUT2D eigenvalue weighted by molar-refractivity contribution is 9.11. The van der Waals surface area contributed by atoms with Crippen LogP contribution in [0, 0.1) is 0 Å². The van der Waals surface area contributed by atoms with Crippen molar-refractivity contribution in [3.8, 4) is 0 Å². The number of likely N-dealkylation sites (tertiary alicyclic amines) is 1. The maximum atomic E-state index is 12.1. The first-order valence-corrected chi connectivity index (χ1v) is 7.49. The Morgan fingerprint density at radius 3 is 3.12 bits per heavy atom.